The number of pyridine rings is 1. The highest BCUT2D eigenvalue weighted by atomic mass is 35.5. The summed E-state index contributed by atoms with van der Waals surface area (Å²) in [6.07, 6.45) is 1.61. The molecule has 0 aliphatic carbocycles. The number of rotatable bonds is 2. The minimum Gasteiger partial charge on any atom is -0.481 e. The van der Waals surface area contributed by atoms with Gasteiger partial charge in [0.1, 0.15) is 0 Å². The second-order valence-electron chi connectivity index (χ2n) is 3.18. The van der Waals surface area contributed by atoms with Gasteiger partial charge in [-0.05, 0) is 23.8 Å². The average molecular weight is 222 g/mol. The highest BCUT2D eigenvalue weighted by Gasteiger charge is 2.08. The summed E-state index contributed by atoms with van der Waals surface area (Å²) in [6.45, 7) is 0. The van der Waals surface area contributed by atoms with Gasteiger partial charge in [-0.1, -0.05) is 17.7 Å². The van der Waals surface area contributed by atoms with Crippen molar-refractivity contribution in [3.8, 4) is 0 Å². The van der Waals surface area contributed by atoms with Gasteiger partial charge >= 0.3 is 5.97 Å². The second kappa shape index (κ2) is 3.87. The van der Waals surface area contributed by atoms with E-state index in [4.69, 9.17) is 16.7 Å². The first kappa shape index (κ1) is 9.93. The van der Waals surface area contributed by atoms with Crippen molar-refractivity contribution >= 4 is 28.5 Å². The molecular formula is C11H8ClNO2. The van der Waals surface area contributed by atoms with Crippen LogP contribution in [-0.2, 0) is 11.2 Å². The first-order valence-electron chi connectivity index (χ1n) is 4.42. The number of fused-ring (bicyclic) bond motifs is 1. The zero-order valence-electron chi connectivity index (χ0n) is 7.77. The molecule has 4 heteroatoms. The molecule has 0 unspecified atom stereocenters. The van der Waals surface area contributed by atoms with Crippen molar-refractivity contribution in [3.63, 3.8) is 0 Å². The summed E-state index contributed by atoms with van der Waals surface area (Å²) in [5, 5.41) is 9.95. The molecule has 1 heterocycles. The van der Waals surface area contributed by atoms with Gasteiger partial charge in [-0.15, -0.1) is 0 Å². The van der Waals surface area contributed by atoms with Gasteiger partial charge in [-0.25, -0.2) is 0 Å². The van der Waals surface area contributed by atoms with Gasteiger partial charge in [0.25, 0.3) is 0 Å². The topological polar surface area (TPSA) is 50.2 Å². The lowest BCUT2D eigenvalue weighted by molar-refractivity contribution is -0.136. The number of carboxylic acid groups (broad SMARTS) is 1. The Kier molecular flexibility index (Phi) is 2.56. The molecule has 1 aromatic carbocycles. The van der Waals surface area contributed by atoms with E-state index in [2.05, 4.69) is 4.98 Å². The quantitative estimate of drug-likeness (QED) is 0.848. The summed E-state index contributed by atoms with van der Waals surface area (Å²) in [4.78, 5) is 14.7. The number of hydrogen-bond donors (Lipinski definition) is 1. The Morgan fingerprint density at radius 2 is 2.20 bits per heavy atom. The molecule has 0 atom stereocenters. The fraction of sp³-hybridized carbons (Fsp3) is 0.0909. The number of benzene rings is 1. The molecule has 0 fully saturated rings. The van der Waals surface area contributed by atoms with Gasteiger partial charge in [-0.2, -0.15) is 0 Å². The first-order chi connectivity index (χ1) is 7.18. The molecule has 1 N–H and O–H groups in total. The molecule has 3 nitrogen and oxygen atoms in total. The SMILES string of the molecule is O=C(O)Cc1ccc2ncccc2c1Cl. The normalized spacial score (nSPS) is 10.5. The maximum atomic E-state index is 10.6. The third-order valence-corrected chi connectivity index (χ3v) is 2.59. The number of hydrogen-bond acceptors (Lipinski definition) is 2. The summed E-state index contributed by atoms with van der Waals surface area (Å²) < 4.78 is 0. The van der Waals surface area contributed by atoms with Crippen LogP contribution in [0.2, 0.25) is 5.02 Å². The molecule has 0 bridgehead atoms. The van der Waals surface area contributed by atoms with E-state index in [-0.39, 0.29) is 6.42 Å². The fourth-order valence-corrected chi connectivity index (χ4v) is 1.75. The van der Waals surface area contributed by atoms with Gasteiger partial charge in [0, 0.05) is 11.6 Å². The molecule has 76 valence electrons. The largest absolute Gasteiger partial charge is 0.481 e. The van der Waals surface area contributed by atoms with Crippen molar-refractivity contribution < 1.29 is 9.90 Å². The summed E-state index contributed by atoms with van der Waals surface area (Å²) in [6, 6.07) is 7.08. The third-order valence-electron chi connectivity index (χ3n) is 2.14. The van der Waals surface area contributed by atoms with Crippen LogP contribution in [-0.4, -0.2) is 16.1 Å². The molecule has 0 radical (unpaired) electrons. The van der Waals surface area contributed by atoms with E-state index in [0.717, 1.165) is 10.9 Å². The number of aromatic nitrogens is 1. The van der Waals surface area contributed by atoms with E-state index in [9.17, 15) is 4.79 Å². The van der Waals surface area contributed by atoms with Crippen molar-refractivity contribution in [1.82, 2.24) is 4.98 Å². The van der Waals surface area contributed by atoms with Crippen LogP contribution in [0.1, 0.15) is 5.56 Å². The predicted octanol–water partition coefficient (Wildman–Crippen LogP) is 2.52. The standard InChI is InChI=1S/C11H8ClNO2/c12-11-7(6-10(14)15)3-4-9-8(11)2-1-5-13-9/h1-5H,6H2,(H,14,15). The Morgan fingerprint density at radius 3 is 2.93 bits per heavy atom. The number of carboxylic acids is 1. The Hall–Kier alpha value is -1.61. The lowest BCUT2D eigenvalue weighted by atomic mass is 10.1. The summed E-state index contributed by atoms with van der Waals surface area (Å²) in [5.74, 6) is -0.889. The van der Waals surface area contributed by atoms with E-state index >= 15 is 0 Å². The van der Waals surface area contributed by atoms with E-state index in [1.807, 2.05) is 6.07 Å². The number of halogens is 1. The fourth-order valence-electron chi connectivity index (χ4n) is 1.46. The maximum absolute atomic E-state index is 10.6. The van der Waals surface area contributed by atoms with Crippen LogP contribution in [0.25, 0.3) is 10.9 Å². The Labute approximate surface area is 91.3 Å². The molecule has 0 amide bonds. The average Bonchev–Trinajstić information content (AvgIpc) is 2.22. The minimum absolute atomic E-state index is 0.0658. The van der Waals surface area contributed by atoms with Gasteiger partial charge in [0.05, 0.1) is 17.0 Å². The van der Waals surface area contributed by atoms with Crippen LogP contribution in [0.5, 0.6) is 0 Å². The number of nitrogens with zero attached hydrogens (tertiary/aromatic N) is 1. The van der Waals surface area contributed by atoms with E-state index < -0.39 is 5.97 Å². The van der Waals surface area contributed by atoms with Crippen LogP contribution in [0.4, 0.5) is 0 Å². The van der Waals surface area contributed by atoms with Crippen LogP contribution < -0.4 is 0 Å². The summed E-state index contributed by atoms with van der Waals surface area (Å²) >= 11 is 6.08. The van der Waals surface area contributed by atoms with E-state index in [1.165, 1.54) is 0 Å². The van der Waals surface area contributed by atoms with Crippen molar-refractivity contribution in [2.24, 2.45) is 0 Å². The zero-order valence-corrected chi connectivity index (χ0v) is 8.53. The Balaban J connectivity index is 2.59. The van der Waals surface area contributed by atoms with Crippen molar-refractivity contribution in [3.05, 3.63) is 41.0 Å². The molecule has 2 rings (SSSR count). The Morgan fingerprint density at radius 1 is 1.40 bits per heavy atom. The third kappa shape index (κ3) is 1.92. The zero-order chi connectivity index (χ0) is 10.8. The minimum atomic E-state index is -0.889. The molecule has 0 aliphatic heterocycles. The summed E-state index contributed by atoms with van der Waals surface area (Å²) in [7, 11) is 0. The molecular weight excluding hydrogens is 214 g/mol. The van der Waals surface area contributed by atoms with Crippen LogP contribution in [0, 0.1) is 0 Å². The predicted molar refractivity (Wildman–Crippen MR) is 58.1 cm³/mol. The van der Waals surface area contributed by atoms with Gasteiger partial charge < -0.3 is 5.11 Å². The monoisotopic (exact) mass is 221 g/mol. The van der Waals surface area contributed by atoms with Gasteiger partial charge in [0.2, 0.25) is 0 Å². The van der Waals surface area contributed by atoms with Gasteiger partial charge in [-0.3, -0.25) is 9.78 Å². The van der Waals surface area contributed by atoms with Crippen molar-refractivity contribution in [2.75, 3.05) is 0 Å². The number of aliphatic carboxylic acids is 1. The molecule has 0 aliphatic rings. The lowest BCUT2D eigenvalue weighted by Crippen LogP contribution is -2.00. The lowest BCUT2D eigenvalue weighted by Gasteiger charge is -2.04. The maximum Gasteiger partial charge on any atom is 0.307 e. The summed E-state index contributed by atoms with van der Waals surface area (Å²) in [5.41, 5.74) is 1.39. The molecule has 1 aromatic heterocycles. The molecule has 0 spiro atoms. The number of carbonyl (C=O) groups is 1. The molecule has 2 aromatic rings. The molecule has 0 saturated carbocycles. The molecule has 0 saturated heterocycles. The molecule has 15 heavy (non-hydrogen) atoms. The Bertz CT molecular complexity index is 525. The highest BCUT2D eigenvalue weighted by Crippen LogP contribution is 2.26. The van der Waals surface area contributed by atoms with E-state index in [0.29, 0.717) is 10.6 Å². The van der Waals surface area contributed by atoms with Crippen LogP contribution >= 0.6 is 11.6 Å². The van der Waals surface area contributed by atoms with E-state index in [1.54, 1.807) is 24.4 Å². The van der Waals surface area contributed by atoms with Crippen LogP contribution in [0.3, 0.4) is 0 Å². The first-order valence-corrected chi connectivity index (χ1v) is 4.80. The van der Waals surface area contributed by atoms with Gasteiger partial charge in [0.15, 0.2) is 0 Å². The van der Waals surface area contributed by atoms with Crippen molar-refractivity contribution in [1.29, 1.82) is 0 Å². The smallest absolute Gasteiger partial charge is 0.307 e. The van der Waals surface area contributed by atoms with Crippen LogP contribution in [0.15, 0.2) is 30.5 Å². The second-order valence-corrected chi connectivity index (χ2v) is 3.56. The van der Waals surface area contributed by atoms with Crippen molar-refractivity contribution in [2.45, 2.75) is 6.42 Å². The highest BCUT2D eigenvalue weighted by molar-refractivity contribution is 6.36.